The maximum Gasteiger partial charge on any atom is 0.147 e. The van der Waals surface area contributed by atoms with Crippen LogP contribution in [-0.2, 0) is 10.8 Å². The zero-order chi connectivity index (χ0) is 37.2. The minimum absolute atomic E-state index is 0.0286. The lowest BCUT2D eigenvalue weighted by Crippen LogP contribution is -2.11. The zero-order valence-corrected chi connectivity index (χ0v) is 31.8. The molecule has 54 heavy (non-hydrogen) atoms. The molecule has 6 aromatic carbocycles. The molecule has 0 radical (unpaired) electrons. The average molecular weight is 701 g/mol. The Labute approximate surface area is 317 Å². The number of hydrogen-bond acceptors (Lipinski definition) is 2. The zero-order valence-electron chi connectivity index (χ0n) is 31.8. The highest BCUT2D eigenvalue weighted by Gasteiger charge is 2.25. The van der Waals surface area contributed by atoms with Gasteiger partial charge in [-0.05, 0) is 81.6 Å². The predicted octanol–water partition coefficient (Wildman–Crippen LogP) is 13.3. The summed E-state index contributed by atoms with van der Waals surface area (Å²) in [5, 5.41) is 2.43. The lowest BCUT2D eigenvalue weighted by Gasteiger charge is -2.21. The normalized spacial score (nSPS) is 12.3. The molecule has 9 rings (SSSR count). The molecule has 0 fully saturated rings. The number of hydrogen-bond donors (Lipinski definition) is 1. The van der Waals surface area contributed by atoms with Gasteiger partial charge in [0.05, 0.1) is 27.9 Å². The number of para-hydroxylation sites is 3. The first kappa shape index (κ1) is 33.6. The smallest absolute Gasteiger partial charge is 0.147 e. The molecular formula is C50H44N4. The van der Waals surface area contributed by atoms with Gasteiger partial charge in [-0.15, -0.1) is 0 Å². The highest BCUT2D eigenvalue weighted by atomic mass is 15.1. The number of imidazole rings is 1. The molecule has 0 amide bonds. The largest absolute Gasteiger partial charge is 0.354 e. The maximum atomic E-state index is 5.69. The fourth-order valence-electron chi connectivity index (χ4n) is 7.75. The minimum atomic E-state index is -0.0793. The number of benzene rings is 6. The Hall–Kier alpha value is -6.26. The Morgan fingerprint density at radius 1 is 0.519 bits per heavy atom. The third-order valence-electron chi connectivity index (χ3n) is 10.7. The minimum Gasteiger partial charge on any atom is -0.354 e. The lowest BCUT2D eigenvalue weighted by atomic mass is 9.85. The van der Waals surface area contributed by atoms with E-state index in [9.17, 15) is 0 Å². The number of nitrogens with one attached hydrogen (secondary N) is 1. The van der Waals surface area contributed by atoms with Gasteiger partial charge in [0, 0.05) is 44.7 Å². The molecule has 0 saturated carbocycles. The number of pyridine rings is 1. The van der Waals surface area contributed by atoms with Gasteiger partial charge in [-0.1, -0.05) is 139 Å². The van der Waals surface area contributed by atoms with Crippen LogP contribution in [0.5, 0.6) is 0 Å². The van der Waals surface area contributed by atoms with E-state index in [0.717, 1.165) is 72.7 Å². The summed E-state index contributed by atoms with van der Waals surface area (Å²) in [6.07, 6.45) is 1.93. The summed E-state index contributed by atoms with van der Waals surface area (Å²) in [4.78, 5) is 14.3. The van der Waals surface area contributed by atoms with Gasteiger partial charge >= 0.3 is 0 Å². The quantitative estimate of drug-likeness (QED) is 0.194. The highest BCUT2D eigenvalue weighted by molar-refractivity contribution is 6.12. The molecular weight excluding hydrogens is 657 g/mol. The second-order valence-electron chi connectivity index (χ2n) is 16.5. The van der Waals surface area contributed by atoms with Crippen molar-refractivity contribution in [2.24, 2.45) is 0 Å². The first-order valence-electron chi connectivity index (χ1n) is 18.8. The van der Waals surface area contributed by atoms with Crippen molar-refractivity contribution < 1.29 is 0 Å². The Morgan fingerprint density at radius 2 is 1.20 bits per heavy atom. The van der Waals surface area contributed by atoms with Crippen LogP contribution in [-0.4, -0.2) is 19.5 Å². The van der Waals surface area contributed by atoms with Crippen LogP contribution in [0, 0.1) is 0 Å². The molecule has 9 aromatic rings. The van der Waals surface area contributed by atoms with E-state index in [1.165, 1.54) is 21.9 Å². The number of H-pyrrole nitrogens is 1. The van der Waals surface area contributed by atoms with E-state index in [-0.39, 0.29) is 10.8 Å². The molecule has 0 aliphatic heterocycles. The molecule has 4 heteroatoms. The molecule has 1 N–H and O–H groups in total. The highest BCUT2D eigenvalue weighted by Crippen LogP contribution is 2.42. The van der Waals surface area contributed by atoms with Crippen molar-refractivity contribution >= 4 is 32.8 Å². The predicted molar refractivity (Wildman–Crippen MR) is 227 cm³/mol. The molecule has 0 unspecified atom stereocenters. The van der Waals surface area contributed by atoms with Gasteiger partial charge in [0.1, 0.15) is 5.82 Å². The van der Waals surface area contributed by atoms with Crippen LogP contribution in [0.1, 0.15) is 52.7 Å². The lowest BCUT2D eigenvalue weighted by molar-refractivity contribution is 0.589. The van der Waals surface area contributed by atoms with Crippen LogP contribution >= 0.6 is 0 Å². The molecule has 3 heterocycles. The Kier molecular flexibility index (Phi) is 7.90. The Bertz CT molecular complexity index is 2840. The van der Waals surface area contributed by atoms with Gasteiger partial charge in [-0.25, -0.2) is 4.98 Å². The Balaban J connectivity index is 1.35. The van der Waals surface area contributed by atoms with Crippen molar-refractivity contribution in [1.82, 2.24) is 19.5 Å². The monoisotopic (exact) mass is 700 g/mol. The van der Waals surface area contributed by atoms with Crippen molar-refractivity contribution in [3.8, 4) is 50.6 Å². The molecule has 0 atom stereocenters. The van der Waals surface area contributed by atoms with Crippen LogP contribution < -0.4 is 0 Å². The van der Waals surface area contributed by atoms with E-state index in [2.05, 4.69) is 197 Å². The second kappa shape index (κ2) is 12.7. The van der Waals surface area contributed by atoms with E-state index in [1.807, 2.05) is 6.20 Å². The third-order valence-corrected chi connectivity index (χ3v) is 10.7. The van der Waals surface area contributed by atoms with Crippen LogP contribution in [0.3, 0.4) is 0 Å². The van der Waals surface area contributed by atoms with Crippen molar-refractivity contribution in [1.29, 1.82) is 0 Å². The Morgan fingerprint density at radius 3 is 2.02 bits per heavy atom. The molecule has 0 spiro atoms. The molecule has 0 aliphatic carbocycles. The summed E-state index contributed by atoms with van der Waals surface area (Å²) in [6.45, 7) is 13.6. The third kappa shape index (κ3) is 5.79. The van der Waals surface area contributed by atoms with Gasteiger partial charge in [-0.3, -0.25) is 9.55 Å². The standard InChI is InChI=1S/C50H44N4/c1-49(2,3)35-26-27-51-43(31-35)34-19-14-18-33(28-34)38-22-15-25-45-47(38)53-48(54(45)44-24-13-11-20-37(44)32-16-8-7-9-17-32)41-30-36(50(4,5)6)29-40-39-21-10-12-23-42(39)52-46(40)41/h7-31,52H,1-6H3. The number of aromatic nitrogens is 4. The average Bonchev–Trinajstić information content (AvgIpc) is 3.76. The summed E-state index contributed by atoms with van der Waals surface area (Å²) in [5.74, 6) is 0.902. The van der Waals surface area contributed by atoms with E-state index < -0.39 is 0 Å². The first-order chi connectivity index (χ1) is 26.0. The number of fused-ring (bicyclic) bond motifs is 4. The van der Waals surface area contributed by atoms with E-state index in [4.69, 9.17) is 9.97 Å². The summed E-state index contributed by atoms with van der Waals surface area (Å²) in [6, 6.07) is 52.4. The summed E-state index contributed by atoms with van der Waals surface area (Å²) < 4.78 is 2.38. The van der Waals surface area contributed by atoms with Gasteiger partial charge in [-0.2, -0.15) is 0 Å². The molecule has 264 valence electrons. The van der Waals surface area contributed by atoms with Crippen molar-refractivity contribution in [2.45, 2.75) is 52.4 Å². The molecule has 4 nitrogen and oxygen atoms in total. The first-order valence-corrected chi connectivity index (χ1v) is 18.8. The van der Waals surface area contributed by atoms with Crippen LogP contribution in [0.4, 0.5) is 0 Å². The van der Waals surface area contributed by atoms with Gasteiger partial charge in [0.25, 0.3) is 0 Å². The molecule has 3 aromatic heterocycles. The number of rotatable bonds is 5. The number of aromatic amines is 1. The van der Waals surface area contributed by atoms with Crippen molar-refractivity contribution in [3.63, 3.8) is 0 Å². The molecule has 0 aliphatic rings. The van der Waals surface area contributed by atoms with Crippen molar-refractivity contribution in [2.75, 3.05) is 0 Å². The second-order valence-corrected chi connectivity index (χ2v) is 16.5. The van der Waals surface area contributed by atoms with Crippen LogP contribution in [0.15, 0.2) is 152 Å². The summed E-state index contributed by atoms with van der Waals surface area (Å²) in [7, 11) is 0. The topological polar surface area (TPSA) is 46.5 Å². The van der Waals surface area contributed by atoms with Gasteiger partial charge in [0.15, 0.2) is 0 Å². The summed E-state index contributed by atoms with van der Waals surface area (Å²) >= 11 is 0. The van der Waals surface area contributed by atoms with Gasteiger partial charge in [0.2, 0.25) is 0 Å². The van der Waals surface area contributed by atoms with Crippen molar-refractivity contribution in [3.05, 3.63) is 163 Å². The van der Waals surface area contributed by atoms with E-state index >= 15 is 0 Å². The van der Waals surface area contributed by atoms with E-state index in [0.29, 0.717) is 0 Å². The van der Waals surface area contributed by atoms with E-state index in [1.54, 1.807) is 0 Å². The number of nitrogens with zero attached hydrogens (tertiary/aromatic N) is 3. The fraction of sp³-hybridized carbons (Fsp3) is 0.160. The van der Waals surface area contributed by atoms with Crippen LogP contribution in [0.2, 0.25) is 0 Å². The molecule has 0 saturated heterocycles. The fourth-order valence-corrected chi connectivity index (χ4v) is 7.75. The maximum absolute atomic E-state index is 5.69. The summed E-state index contributed by atoms with van der Waals surface area (Å²) in [5.41, 5.74) is 15.4. The SMILES string of the molecule is CC(C)(C)c1ccnc(-c2cccc(-c3cccc4c3nc(-c3cc(C(C)(C)C)cc5c3[nH]c3ccccc35)n4-c3ccccc3-c3ccccc3)c2)c1. The van der Waals surface area contributed by atoms with Crippen LogP contribution in [0.25, 0.3) is 83.4 Å². The molecule has 0 bridgehead atoms. The van der Waals surface area contributed by atoms with Gasteiger partial charge < -0.3 is 4.98 Å².